The van der Waals surface area contributed by atoms with Gasteiger partial charge in [-0.2, -0.15) is 0 Å². The Morgan fingerprint density at radius 2 is 2.25 bits per heavy atom. The predicted octanol–water partition coefficient (Wildman–Crippen LogP) is 1.42. The van der Waals surface area contributed by atoms with Crippen molar-refractivity contribution in [3.8, 4) is 0 Å². The van der Waals surface area contributed by atoms with Gasteiger partial charge in [-0.1, -0.05) is 19.4 Å². The Balaban J connectivity index is 3.92. The van der Waals surface area contributed by atoms with Crippen molar-refractivity contribution in [3.63, 3.8) is 0 Å². The molecule has 0 radical (unpaired) electrons. The first-order valence-corrected chi connectivity index (χ1v) is 4.12. The fourth-order valence-electron chi connectivity index (χ4n) is 1.16. The van der Waals surface area contributed by atoms with Crippen LogP contribution in [0.1, 0.15) is 26.2 Å². The topological polar surface area (TPSA) is 57.5 Å². The van der Waals surface area contributed by atoms with Crippen molar-refractivity contribution in [3.05, 3.63) is 12.7 Å². The minimum absolute atomic E-state index is 0.0265. The van der Waals surface area contributed by atoms with Gasteiger partial charge in [-0.25, -0.2) is 0 Å². The molecule has 3 nitrogen and oxygen atoms in total. The Morgan fingerprint density at radius 3 is 2.58 bits per heavy atom. The molecule has 0 aliphatic rings. The molecule has 2 atom stereocenters. The molecule has 0 saturated carbocycles. The van der Waals surface area contributed by atoms with Crippen LogP contribution in [0.4, 0.5) is 0 Å². The first-order chi connectivity index (χ1) is 5.61. The van der Waals surface area contributed by atoms with Crippen LogP contribution in [-0.2, 0) is 4.79 Å². The van der Waals surface area contributed by atoms with Gasteiger partial charge in [0.15, 0.2) is 0 Å². The molecule has 2 N–H and O–H groups in total. The fraction of sp³-hybridized carbons (Fsp3) is 0.667. The zero-order valence-electron chi connectivity index (χ0n) is 7.36. The molecule has 0 aromatic carbocycles. The molecule has 0 aliphatic carbocycles. The summed E-state index contributed by atoms with van der Waals surface area (Å²) in [5.74, 6) is -0.927. The van der Waals surface area contributed by atoms with E-state index >= 15 is 0 Å². The standard InChI is InChI=1S/C9H16O3/c1-3-5-7(4-2)8(10)6-9(11)12/h3,7-8,10H,1,4-6H2,2H3,(H,11,12). The largest absolute Gasteiger partial charge is 0.481 e. The summed E-state index contributed by atoms with van der Waals surface area (Å²) in [4.78, 5) is 10.2. The first kappa shape index (κ1) is 11.2. The van der Waals surface area contributed by atoms with Crippen LogP contribution in [0.3, 0.4) is 0 Å². The number of rotatable bonds is 6. The van der Waals surface area contributed by atoms with Gasteiger partial charge < -0.3 is 10.2 Å². The van der Waals surface area contributed by atoms with E-state index in [0.717, 1.165) is 6.42 Å². The molecular formula is C9H16O3. The maximum Gasteiger partial charge on any atom is 0.305 e. The summed E-state index contributed by atoms with van der Waals surface area (Å²) in [6, 6.07) is 0. The van der Waals surface area contributed by atoms with Crippen LogP contribution in [0.25, 0.3) is 0 Å². The molecule has 0 spiro atoms. The van der Waals surface area contributed by atoms with Crippen LogP contribution in [0.5, 0.6) is 0 Å². The van der Waals surface area contributed by atoms with E-state index < -0.39 is 12.1 Å². The van der Waals surface area contributed by atoms with Gasteiger partial charge in [-0.3, -0.25) is 4.79 Å². The zero-order chi connectivity index (χ0) is 9.56. The highest BCUT2D eigenvalue weighted by molar-refractivity contribution is 5.67. The summed E-state index contributed by atoms with van der Waals surface area (Å²) >= 11 is 0. The van der Waals surface area contributed by atoms with Crippen LogP contribution in [0.15, 0.2) is 12.7 Å². The van der Waals surface area contributed by atoms with Gasteiger partial charge in [0.2, 0.25) is 0 Å². The number of aliphatic carboxylic acids is 1. The van der Waals surface area contributed by atoms with Crippen LogP contribution in [-0.4, -0.2) is 22.3 Å². The molecule has 2 unspecified atom stereocenters. The lowest BCUT2D eigenvalue weighted by Crippen LogP contribution is -2.22. The van der Waals surface area contributed by atoms with Crippen molar-refractivity contribution < 1.29 is 15.0 Å². The smallest absolute Gasteiger partial charge is 0.305 e. The van der Waals surface area contributed by atoms with E-state index in [1.54, 1.807) is 6.08 Å². The lowest BCUT2D eigenvalue weighted by atomic mass is 9.94. The summed E-state index contributed by atoms with van der Waals surface area (Å²) in [6.45, 7) is 5.48. The van der Waals surface area contributed by atoms with Gasteiger partial charge in [0, 0.05) is 0 Å². The van der Waals surface area contributed by atoms with Crippen LogP contribution >= 0.6 is 0 Å². The van der Waals surface area contributed by atoms with E-state index in [4.69, 9.17) is 5.11 Å². The molecule has 0 bridgehead atoms. The minimum Gasteiger partial charge on any atom is -0.481 e. The lowest BCUT2D eigenvalue weighted by Gasteiger charge is -2.17. The third-order valence-electron chi connectivity index (χ3n) is 1.92. The highest BCUT2D eigenvalue weighted by atomic mass is 16.4. The second-order valence-electron chi connectivity index (χ2n) is 2.86. The molecular weight excluding hydrogens is 156 g/mol. The Morgan fingerprint density at radius 1 is 1.67 bits per heavy atom. The summed E-state index contributed by atoms with van der Waals surface area (Å²) in [6.07, 6.45) is 2.24. The zero-order valence-corrected chi connectivity index (χ0v) is 7.36. The molecule has 0 amide bonds. The number of aliphatic hydroxyl groups excluding tert-OH is 1. The van der Waals surface area contributed by atoms with Gasteiger partial charge in [-0.05, 0) is 12.3 Å². The fourth-order valence-corrected chi connectivity index (χ4v) is 1.16. The molecule has 0 aliphatic heterocycles. The second kappa shape index (κ2) is 5.77. The van der Waals surface area contributed by atoms with Gasteiger partial charge in [0.05, 0.1) is 12.5 Å². The van der Waals surface area contributed by atoms with E-state index in [9.17, 15) is 9.90 Å². The maximum atomic E-state index is 10.2. The van der Waals surface area contributed by atoms with Crippen molar-refractivity contribution in [2.75, 3.05) is 0 Å². The molecule has 12 heavy (non-hydrogen) atoms. The monoisotopic (exact) mass is 172 g/mol. The van der Waals surface area contributed by atoms with Crippen LogP contribution in [0.2, 0.25) is 0 Å². The Hall–Kier alpha value is -0.830. The quantitative estimate of drug-likeness (QED) is 0.596. The van der Waals surface area contributed by atoms with Crippen molar-refractivity contribution in [2.45, 2.75) is 32.3 Å². The number of carbonyl (C=O) groups is 1. The first-order valence-electron chi connectivity index (χ1n) is 4.12. The average molecular weight is 172 g/mol. The molecule has 0 rings (SSSR count). The molecule has 0 heterocycles. The maximum absolute atomic E-state index is 10.2. The Bertz CT molecular complexity index is 154. The molecule has 0 aromatic rings. The number of hydrogen-bond donors (Lipinski definition) is 2. The number of carboxylic acid groups (broad SMARTS) is 1. The van der Waals surface area contributed by atoms with E-state index in [-0.39, 0.29) is 12.3 Å². The Labute approximate surface area is 72.7 Å². The summed E-state index contributed by atoms with van der Waals surface area (Å²) in [7, 11) is 0. The van der Waals surface area contributed by atoms with E-state index in [1.807, 2.05) is 6.92 Å². The third kappa shape index (κ3) is 4.13. The second-order valence-corrected chi connectivity index (χ2v) is 2.86. The number of allylic oxidation sites excluding steroid dienone is 1. The SMILES string of the molecule is C=CCC(CC)C(O)CC(=O)O. The molecule has 0 aromatic heterocycles. The van der Waals surface area contributed by atoms with Gasteiger partial charge in [-0.15, -0.1) is 6.58 Å². The summed E-state index contributed by atoms with van der Waals surface area (Å²) in [5, 5.41) is 17.8. The van der Waals surface area contributed by atoms with Crippen LogP contribution in [0, 0.1) is 5.92 Å². The highest BCUT2D eigenvalue weighted by Gasteiger charge is 2.18. The highest BCUT2D eigenvalue weighted by Crippen LogP contribution is 2.16. The number of hydrogen-bond acceptors (Lipinski definition) is 2. The molecule has 0 fully saturated rings. The summed E-state index contributed by atoms with van der Waals surface area (Å²) in [5.41, 5.74) is 0. The van der Waals surface area contributed by atoms with E-state index in [2.05, 4.69) is 6.58 Å². The number of aliphatic hydroxyl groups is 1. The normalized spacial score (nSPS) is 15.2. The molecule has 0 saturated heterocycles. The Kier molecular flexibility index (Phi) is 5.37. The van der Waals surface area contributed by atoms with Gasteiger partial charge >= 0.3 is 5.97 Å². The summed E-state index contributed by atoms with van der Waals surface area (Å²) < 4.78 is 0. The van der Waals surface area contributed by atoms with Gasteiger partial charge in [0.1, 0.15) is 0 Å². The van der Waals surface area contributed by atoms with Crippen molar-refractivity contribution >= 4 is 5.97 Å². The van der Waals surface area contributed by atoms with Crippen molar-refractivity contribution in [1.82, 2.24) is 0 Å². The van der Waals surface area contributed by atoms with E-state index in [1.165, 1.54) is 0 Å². The molecule has 70 valence electrons. The van der Waals surface area contributed by atoms with Crippen molar-refractivity contribution in [1.29, 1.82) is 0 Å². The van der Waals surface area contributed by atoms with E-state index in [0.29, 0.717) is 6.42 Å². The van der Waals surface area contributed by atoms with Crippen molar-refractivity contribution in [2.24, 2.45) is 5.92 Å². The molecule has 3 heteroatoms. The van der Waals surface area contributed by atoms with Crippen LogP contribution < -0.4 is 0 Å². The predicted molar refractivity (Wildman–Crippen MR) is 46.9 cm³/mol. The minimum atomic E-state index is -0.954. The lowest BCUT2D eigenvalue weighted by molar-refractivity contribution is -0.140. The number of carboxylic acids is 1. The van der Waals surface area contributed by atoms with Gasteiger partial charge in [0.25, 0.3) is 0 Å². The third-order valence-corrected chi connectivity index (χ3v) is 1.92. The average Bonchev–Trinajstić information content (AvgIpc) is 1.98.